The number of hydrogen-bond acceptors (Lipinski definition) is 7. The lowest BCUT2D eigenvalue weighted by Gasteiger charge is -2.40. The third-order valence-electron chi connectivity index (χ3n) is 6.69. The van der Waals surface area contributed by atoms with E-state index in [0.717, 1.165) is 0 Å². The van der Waals surface area contributed by atoms with Crippen molar-refractivity contribution in [3.05, 3.63) is 77.9 Å². The Morgan fingerprint density at radius 2 is 1.34 bits per heavy atom. The van der Waals surface area contributed by atoms with E-state index in [2.05, 4.69) is 6.58 Å². The lowest BCUT2D eigenvalue weighted by Crippen LogP contribution is -2.54. The highest BCUT2D eigenvalue weighted by Crippen LogP contribution is 2.63. The smallest absolute Gasteiger partial charge is 0.329 e. The second kappa shape index (κ2) is 11.4. The van der Waals surface area contributed by atoms with Crippen molar-refractivity contribution in [1.29, 1.82) is 0 Å². The van der Waals surface area contributed by atoms with Crippen LogP contribution in [0.3, 0.4) is 0 Å². The first-order valence-electron chi connectivity index (χ1n) is 12.9. The number of ether oxygens (including phenoxy) is 4. The van der Waals surface area contributed by atoms with E-state index in [1.807, 2.05) is 6.07 Å². The minimum absolute atomic E-state index is 0.100. The number of rotatable bonds is 10. The van der Waals surface area contributed by atoms with Crippen LogP contribution in [0.5, 0.6) is 5.75 Å². The average Bonchev–Trinajstić information content (AvgIpc) is 3.11. The molecule has 0 N–H and O–H groups in total. The number of fused-ring (bicyclic) bond motifs is 1. The maximum atomic E-state index is 14.3. The van der Waals surface area contributed by atoms with E-state index in [1.54, 1.807) is 90.1 Å². The standard InChI is InChI=1S/C31H38O7/c1-9-17-30(27(32)36-19(2)3)24-16-15-23(35-8)18-25(24)31(28(33)37-20(4)5,29(34)38-21(6)7)26(30)22-13-11-10-12-14-22/h9-16,18-21,26H,1,17H2,2-8H3/t26-,30-/m0/s1. The molecular weight excluding hydrogens is 484 g/mol. The molecule has 0 aliphatic heterocycles. The molecule has 2 atom stereocenters. The second-order valence-electron chi connectivity index (χ2n) is 10.4. The third-order valence-corrected chi connectivity index (χ3v) is 6.69. The van der Waals surface area contributed by atoms with Crippen LogP contribution in [0.25, 0.3) is 0 Å². The molecule has 3 rings (SSSR count). The molecule has 0 unspecified atom stereocenters. The monoisotopic (exact) mass is 522 g/mol. The fraction of sp³-hybridized carbons (Fsp3) is 0.452. The molecule has 0 saturated carbocycles. The van der Waals surface area contributed by atoms with Gasteiger partial charge >= 0.3 is 17.9 Å². The molecule has 0 saturated heterocycles. The van der Waals surface area contributed by atoms with Gasteiger partial charge in [0.05, 0.1) is 25.4 Å². The van der Waals surface area contributed by atoms with Gasteiger partial charge in [-0.2, -0.15) is 0 Å². The second-order valence-corrected chi connectivity index (χ2v) is 10.4. The zero-order valence-electron chi connectivity index (χ0n) is 23.3. The Kier molecular flexibility index (Phi) is 8.70. The predicted molar refractivity (Wildman–Crippen MR) is 144 cm³/mol. The molecule has 2 aromatic carbocycles. The van der Waals surface area contributed by atoms with Crippen molar-refractivity contribution in [2.45, 2.75) is 83.0 Å². The van der Waals surface area contributed by atoms with E-state index in [-0.39, 0.29) is 6.42 Å². The first-order chi connectivity index (χ1) is 18.0. The summed E-state index contributed by atoms with van der Waals surface area (Å²) in [7, 11) is 1.50. The summed E-state index contributed by atoms with van der Waals surface area (Å²) in [5.74, 6) is -2.81. The summed E-state index contributed by atoms with van der Waals surface area (Å²) in [6, 6.07) is 14.1. The first-order valence-corrected chi connectivity index (χ1v) is 12.9. The molecule has 0 aromatic heterocycles. The average molecular weight is 523 g/mol. The molecule has 38 heavy (non-hydrogen) atoms. The van der Waals surface area contributed by atoms with Crippen molar-refractivity contribution in [3.8, 4) is 5.75 Å². The summed E-state index contributed by atoms with van der Waals surface area (Å²) in [6.45, 7) is 14.3. The van der Waals surface area contributed by atoms with Crippen LogP contribution in [0, 0.1) is 0 Å². The number of esters is 3. The Balaban J connectivity index is 2.59. The van der Waals surface area contributed by atoms with Crippen LogP contribution in [0.4, 0.5) is 0 Å². The lowest BCUT2D eigenvalue weighted by molar-refractivity contribution is -0.172. The summed E-state index contributed by atoms with van der Waals surface area (Å²) in [4.78, 5) is 42.9. The van der Waals surface area contributed by atoms with Gasteiger partial charge in [-0.05, 0) is 76.8 Å². The van der Waals surface area contributed by atoms with Crippen molar-refractivity contribution in [2.75, 3.05) is 7.11 Å². The molecule has 7 heteroatoms. The van der Waals surface area contributed by atoms with E-state index in [1.165, 1.54) is 7.11 Å². The summed E-state index contributed by atoms with van der Waals surface area (Å²) in [5.41, 5.74) is -2.16. The van der Waals surface area contributed by atoms with Gasteiger partial charge in [-0.3, -0.25) is 14.4 Å². The minimum Gasteiger partial charge on any atom is -0.497 e. The van der Waals surface area contributed by atoms with Crippen LogP contribution in [0.2, 0.25) is 0 Å². The largest absolute Gasteiger partial charge is 0.497 e. The van der Waals surface area contributed by atoms with Crippen LogP contribution < -0.4 is 4.74 Å². The van der Waals surface area contributed by atoms with Gasteiger partial charge in [-0.1, -0.05) is 42.5 Å². The highest BCUT2D eigenvalue weighted by molar-refractivity contribution is 6.12. The Bertz CT molecular complexity index is 1160. The molecule has 0 radical (unpaired) electrons. The maximum Gasteiger partial charge on any atom is 0.329 e. The fourth-order valence-corrected chi connectivity index (χ4v) is 5.47. The normalized spacial score (nSPS) is 19.7. The van der Waals surface area contributed by atoms with Gasteiger partial charge in [0.1, 0.15) is 11.2 Å². The Hall–Kier alpha value is -3.61. The molecule has 0 amide bonds. The number of methoxy groups -OCH3 is 1. The van der Waals surface area contributed by atoms with Gasteiger partial charge in [0.2, 0.25) is 0 Å². The lowest BCUT2D eigenvalue weighted by atomic mass is 9.61. The summed E-state index contributed by atoms with van der Waals surface area (Å²) in [5, 5.41) is 0. The summed E-state index contributed by atoms with van der Waals surface area (Å²) >= 11 is 0. The highest BCUT2D eigenvalue weighted by atomic mass is 16.6. The van der Waals surface area contributed by atoms with Crippen molar-refractivity contribution < 1.29 is 33.3 Å². The van der Waals surface area contributed by atoms with Crippen molar-refractivity contribution in [3.63, 3.8) is 0 Å². The first kappa shape index (κ1) is 29.0. The highest BCUT2D eigenvalue weighted by Gasteiger charge is 2.72. The van der Waals surface area contributed by atoms with Crippen LogP contribution >= 0.6 is 0 Å². The van der Waals surface area contributed by atoms with E-state index < -0.39 is 53.0 Å². The number of carbonyl (C=O) groups is 3. The number of benzene rings is 2. The molecular formula is C31H38O7. The molecule has 1 aliphatic carbocycles. The van der Waals surface area contributed by atoms with Gasteiger partial charge in [-0.15, -0.1) is 6.58 Å². The van der Waals surface area contributed by atoms with Gasteiger partial charge in [0, 0.05) is 5.92 Å². The minimum atomic E-state index is -2.03. The van der Waals surface area contributed by atoms with Crippen LogP contribution in [-0.4, -0.2) is 43.3 Å². The zero-order valence-corrected chi connectivity index (χ0v) is 23.3. The number of allylic oxidation sites excluding steroid dienone is 1. The van der Waals surface area contributed by atoms with E-state index >= 15 is 0 Å². The van der Waals surface area contributed by atoms with Gasteiger partial charge in [0.25, 0.3) is 0 Å². The number of hydrogen-bond donors (Lipinski definition) is 0. The SMILES string of the molecule is C=CC[C@]1(C(=O)OC(C)C)c2ccc(OC)cc2C(C(=O)OC(C)C)(C(=O)OC(C)C)[C@H]1c1ccccc1. The molecule has 0 fully saturated rings. The molecule has 0 bridgehead atoms. The molecule has 2 aromatic rings. The molecule has 0 heterocycles. The van der Waals surface area contributed by atoms with E-state index in [9.17, 15) is 14.4 Å². The van der Waals surface area contributed by atoms with Crippen molar-refractivity contribution in [2.24, 2.45) is 0 Å². The fourth-order valence-electron chi connectivity index (χ4n) is 5.47. The Labute approximate surface area is 225 Å². The maximum absolute atomic E-state index is 14.3. The van der Waals surface area contributed by atoms with E-state index in [0.29, 0.717) is 22.4 Å². The Morgan fingerprint density at radius 3 is 1.82 bits per heavy atom. The van der Waals surface area contributed by atoms with Crippen LogP contribution in [0.15, 0.2) is 61.2 Å². The van der Waals surface area contributed by atoms with Gasteiger partial charge in [-0.25, -0.2) is 0 Å². The van der Waals surface area contributed by atoms with Crippen molar-refractivity contribution in [1.82, 2.24) is 0 Å². The quantitative estimate of drug-likeness (QED) is 0.179. The molecule has 1 aliphatic rings. The van der Waals surface area contributed by atoms with Gasteiger partial charge in [0.15, 0.2) is 5.41 Å². The number of carbonyl (C=O) groups excluding carboxylic acids is 3. The van der Waals surface area contributed by atoms with Crippen molar-refractivity contribution >= 4 is 17.9 Å². The summed E-state index contributed by atoms with van der Waals surface area (Å²) < 4.78 is 22.9. The third kappa shape index (κ3) is 4.82. The van der Waals surface area contributed by atoms with Gasteiger partial charge < -0.3 is 18.9 Å². The molecule has 204 valence electrons. The predicted octanol–water partition coefficient (Wildman–Crippen LogP) is 5.40. The van der Waals surface area contributed by atoms with Crippen LogP contribution in [0.1, 0.15) is 70.6 Å². The Morgan fingerprint density at radius 1 is 0.816 bits per heavy atom. The molecule has 7 nitrogen and oxygen atoms in total. The molecule has 0 spiro atoms. The van der Waals surface area contributed by atoms with E-state index in [4.69, 9.17) is 18.9 Å². The summed E-state index contributed by atoms with van der Waals surface area (Å²) in [6.07, 6.45) is 0.205. The zero-order chi connectivity index (χ0) is 28.3. The topological polar surface area (TPSA) is 88.1 Å². The van der Waals surface area contributed by atoms with Crippen LogP contribution in [-0.2, 0) is 39.4 Å².